The lowest BCUT2D eigenvalue weighted by atomic mass is 10.0. The Bertz CT molecular complexity index is 1310. The number of fused-ring (bicyclic) bond motifs is 1. The van der Waals surface area contributed by atoms with Crippen LogP contribution in [0.5, 0.6) is 0 Å². The number of likely N-dealkylation sites (N-methyl/N-ethyl adjacent to an activating group) is 1. The van der Waals surface area contributed by atoms with Gasteiger partial charge in [0.1, 0.15) is 11.5 Å². The van der Waals surface area contributed by atoms with Crippen molar-refractivity contribution in [1.29, 1.82) is 0 Å². The van der Waals surface area contributed by atoms with Crippen LogP contribution in [0.2, 0.25) is 10.0 Å². The molecule has 1 aliphatic carbocycles. The number of carbonyl (C=O) groups is 3. The predicted molar refractivity (Wildman–Crippen MR) is 135 cm³/mol. The molecule has 6 nitrogen and oxygen atoms in total. The summed E-state index contributed by atoms with van der Waals surface area (Å²) in [6.07, 6.45) is 7.85. The van der Waals surface area contributed by atoms with Crippen molar-refractivity contribution in [3.8, 4) is 0 Å². The monoisotopic (exact) mass is 508 g/mol. The summed E-state index contributed by atoms with van der Waals surface area (Å²) in [5.41, 5.74) is 2.43. The first-order valence-corrected chi connectivity index (χ1v) is 11.7. The molecule has 0 radical (unpaired) electrons. The summed E-state index contributed by atoms with van der Waals surface area (Å²) in [6.45, 7) is 0. The minimum absolute atomic E-state index is 0.0124. The molecule has 2 amide bonds. The van der Waals surface area contributed by atoms with Crippen LogP contribution in [0, 0.1) is 0 Å². The molecule has 1 N–H and O–H groups in total. The van der Waals surface area contributed by atoms with Gasteiger partial charge in [0.25, 0.3) is 5.91 Å². The average Bonchev–Trinajstić information content (AvgIpc) is 2.95. The normalized spacial score (nSPS) is 15.2. The lowest BCUT2D eigenvalue weighted by Crippen LogP contribution is -2.35. The molecule has 0 fully saturated rings. The summed E-state index contributed by atoms with van der Waals surface area (Å²) < 4.78 is 5.72. The maximum atomic E-state index is 13.2. The maximum absolute atomic E-state index is 13.2. The Morgan fingerprint density at radius 3 is 2.63 bits per heavy atom. The number of rotatable bonds is 6. The first kappa shape index (κ1) is 24.5. The molecule has 8 heteroatoms. The Labute approximate surface area is 213 Å². The van der Waals surface area contributed by atoms with E-state index in [0.717, 1.165) is 5.56 Å². The second-order valence-corrected chi connectivity index (χ2v) is 8.83. The van der Waals surface area contributed by atoms with Gasteiger partial charge in [0.2, 0.25) is 5.91 Å². The number of esters is 1. The number of carbonyl (C=O) groups excluding carboxylic acids is 3. The molecule has 35 heavy (non-hydrogen) atoms. The number of nitrogens with one attached hydrogen (secondary N) is 1. The summed E-state index contributed by atoms with van der Waals surface area (Å²) in [7, 11) is 1.61. The molecule has 0 aromatic heterocycles. The molecule has 1 aliphatic heterocycles. The third-order valence-corrected chi connectivity index (χ3v) is 6.20. The summed E-state index contributed by atoms with van der Waals surface area (Å²) in [5, 5.41) is 3.66. The van der Waals surface area contributed by atoms with Gasteiger partial charge in [-0.3, -0.25) is 9.59 Å². The summed E-state index contributed by atoms with van der Waals surface area (Å²) in [5.74, 6) is -1.14. The van der Waals surface area contributed by atoms with Gasteiger partial charge in [0, 0.05) is 35.2 Å². The van der Waals surface area contributed by atoms with Crippen molar-refractivity contribution in [3.63, 3.8) is 0 Å². The van der Waals surface area contributed by atoms with Crippen molar-refractivity contribution in [2.75, 3.05) is 7.05 Å². The van der Waals surface area contributed by atoms with E-state index in [1.165, 1.54) is 11.0 Å². The van der Waals surface area contributed by atoms with Crippen LogP contribution in [-0.2, 0) is 20.7 Å². The molecule has 2 aromatic rings. The van der Waals surface area contributed by atoms with Crippen LogP contribution in [0.3, 0.4) is 0 Å². The lowest BCUT2D eigenvalue weighted by molar-refractivity contribution is -0.127. The number of nitrogens with zero attached hydrogens (tertiary/aromatic N) is 1. The number of ether oxygens (including phenoxy) is 1. The van der Waals surface area contributed by atoms with Gasteiger partial charge in [-0.15, -0.1) is 0 Å². The molecular formula is C27H22Cl2N2O4. The van der Waals surface area contributed by atoms with Gasteiger partial charge in [-0.2, -0.15) is 0 Å². The van der Waals surface area contributed by atoms with Crippen LogP contribution < -0.4 is 5.32 Å². The second-order valence-electron chi connectivity index (χ2n) is 7.99. The van der Waals surface area contributed by atoms with Crippen LogP contribution in [0.25, 0.3) is 0 Å². The fourth-order valence-corrected chi connectivity index (χ4v) is 4.26. The Morgan fingerprint density at radius 2 is 1.89 bits per heavy atom. The number of hydrogen-bond donors (Lipinski definition) is 1. The molecule has 4 rings (SSSR count). The molecule has 2 aromatic carbocycles. The molecule has 0 bridgehead atoms. The highest BCUT2D eigenvalue weighted by molar-refractivity contribution is 6.35. The Hall–Kier alpha value is -3.61. The van der Waals surface area contributed by atoms with E-state index in [-0.39, 0.29) is 23.8 Å². The molecule has 178 valence electrons. The van der Waals surface area contributed by atoms with E-state index < -0.39 is 11.9 Å². The fourth-order valence-electron chi connectivity index (χ4n) is 3.76. The topological polar surface area (TPSA) is 75.7 Å². The smallest absolute Gasteiger partial charge is 0.343 e. The predicted octanol–water partition coefficient (Wildman–Crippen LogP) is 5.35. The van der Waals surface area contributed by atoms with Crippen LogP contribution in [0.1, 0.15) is 28.8 Å². The van der Waals surface area contributed by atoms with Crippen molar-refractivity contribution in [2.24, 2.45) is 0 Å². The first-order valence-electron chi connectivity index (χ1n) is 10.9. The SMILES string of the molecule is CN1C(=O)C(NC(=O)CCc2ccc(Cl)cc2Cl)=CC(OC(=O)c2ccccc2)=C2CC=CC=C21. The van der Waals surface area contributed by atoms with Crippen LogP contribution in [0.4, 0.5) is 0 Å². The number of aryl methyl sites for hydroxylation is 1. The van der Waals surface area contributed by atoms with E-state index >= 15 is 0 Å². The zero-order chi connectivity index (χ0) is 24.9. The zero-order valence-electron chi connectivity index (χ0n) is 18.9. The van der Waals surface area contributed by atoms with E-state index in [1.807, 2.05) is 12.2 Å². The Kier molecular flexibility index (Phi) is 7.54. The highest BCUT2D eigenvalue weighted by atomic mass is 35.5. The molecule has 1 heterocycles. The number of allylic oxidation sites excluding steroid dienone is 5. The Balaban J connectivity index is 1.58. The van der Waals surface area contributed by atoms with Crippen molar-refractivity contribution in [1.82, 2.24) is 10.2 Å². The standard InChI is InChI=1S/C27H22Cl2N2O4/c1-31-23-10-6-5-9-20(23)24(35-27(34)18-7-3-2-4-8-18)16-22(26(31)33)30-25(32)14-12-17-11-13-19(28)15-21(17)29/h2-8,10-11,13,15-16H,9,12,14H2,1H3,(H,30,32). The van der Waals surface area contributed by atoms with E-state index in [1.54, 1.807) is 61.7 Å². The maximum Gasteiger partial charge on any atom is 0.343 e. The van der Waals surface area contributed by atoms with Gasteiger partial charge in [-0.25, -0.2) is 4.79 Å². The molecule has 0 atom stereocenters. The number of hydrogen-bond acceptors (Lipinski definition) is 4. The highest BCUT2D eigenvalue weighted by Crippen LogP contribution is 2.31. The zero-order valence-corrected chi connectivity index (χ0v) is 20.4. The summed E-state index contributed by atoms with van der Waals surface area (Å²) in [6, 6.07) is 13.7. The summed E-state index contributed by atoms with van der Waals surface area (Å²) >= 11 is 12.1. The number of benzene rings is 2. The van der Waals surface area contributed by atoms with E-state index in [9.17, 15) is 14.4 Å². The Morgan fingerprint density at radius 1 is 1.11 bits per heavy atom. The molecule has 0 spiro atoms. The van der Waals surface area contributed by atoms with Crippen LogP contribution in [0.15, 0.2) is 95.6 Å². The highest BCUT2D eigenvalue weighted by Gasteiger charge is 2.29. The van der Waals surface area contributed by atoms with Gasteiger partial charge in [0.05, 0.1) is 11.3 Å². The molecular weight excluding hydrogens is 487 g/mol. The van der Waals surface area contributed by atoms with Gasteiger partial charge in [0.15, 0.2) is 0 Å². The van der Waals surface area contributed by atoms with Gasteiger partial charge in [-0.05, 0) is 48.7 Å². The van der Waals surface area contributed by atoms with Crippen molar-refractivity contribution in [3.05, 3.63) is 117 Å². The van der Waals surface area contributed by atoms with Gasteiger partial charge >= 0.3 is 5.97 Å². The van der Waals surface area contributed by atoms with E-state index in [2.05, 4.69) is 5.32 Å². The third kappa shape index (κ3) is 5.73. The number of halogens is 2. The lowest BCUT2D eigenvalue weighted by Gasteiger charge is -2.23. The molecule has 0 unspecified atom stereocenters. The van der Waals surface area contributed by atoms with Crippen molar-refractivity contribution >= 4 is 41.0 Å². The average molecular weight is 509 g/mol. The number of amides is 2. The van der Waals surface area contributed by atoms with E-state index in [4.69, 9.17) is 27.9 Å². The van der Waals surface area contributed by atoms with E-state index in [0.29, 0.717) is 39.7 Å². The van der Waals surface area contributed by atoms with Crippen LogP contribution >= 0.6 is 23.2 Å². The van der Waals surface area contributed by atoms with Crippen molar-refractivity contribution in [2.45, 2.75) is 19.3 Å². The minimum atomic E-state index is -0.557. The van der Waals surface area contributed by atoms with Crippen molar-refractivity contribution < 1.29 is 19.1 Å². The molecule has 0 saturated heterocycles. The fraction of sp³-hybridized carbons (Fsp3) is 0.148. The van der Waals surface area contributed by atoms with Gasteiger partial charge < -0.3 is 15.0 Å². The first-order chi connectivity index (χ1) is 16.8. The third-order valence-electron chi connectivity index (χ3n) is 5.61. The van der Waals surface area contributed by atoms with Crippen LogP contribution in [-0.4, -0.2) is 29.7 Å². The van der Waals surface area contributed by atoms with Gasteiger partial charge in [-0.1, -0.05) is 59.6 Å². The summed E-state index contributed by atoms with van der Waals surface area (Å²) in [4.78, 5) is 40.1. The minimum Gasteiger partial charge on any atom is -0.422 e. The molecule has 0 saturated carbocycles. The second kappa shape index (κ2) is 10.8. The molecule has 2 aliphatic rings. The quantitative estimate of drug-likeness (QED) is 0.533. The largest absolute Gasteiger partial charge is 0.422 e.